The topological polar surface area (TPSA) is 193 Å². The van der Waals surface area contributed by atoms with Gasteiger partial charge < -0.3 is 34.9 Å². The summed E-state index contributed by atoms with van der Waals surface area (Å²) >= 11 is 0. The van der Waals surface area contributed by atoms with Gasteiger partial charge in [-0.15, -0.1) is 0 Å². The van der Waals surface area contributed by atoms with E-state index < -0.39 is 60.4 Å². The van der Waals surface area contributed by atoms with Crippen molar-refractivity contribution in [2.75, 3.05) is 27.4 Å². The van der Waals surface area contributed by atoms with Crippen molar-refractivity contribution in [3.63, 3.8) is 0 Å². The van der Waals surface area contributed by atoms with E-state index >= 15 is 0 Å². The van der Waals surface area contributed by atoms with E-state index in [1.54, 1.807) is 24.3 Å². The average Bonchev–Trinajstić information content (AvgIpc) is 3.54. The van der Waals surface area contributed by atoms with Gasteiger partial charge in [-0.05, 0) is 43.4 Å². The lowest BCUT2D eigenvalue weighted by molar-refractivity contribution is -0.133. The number of rotatable bonds is 12. The molecule has 4 N–H and O–H groups in total. The van der Waals surface area contributed by atoms with Crippen LogP contribution in [0.1, 0.15) is 43.6 Å². The fraction of sp³-hybridized carbons (Fsp3) is 0.481. The molecule has 1 saturated heterocycles. The van der Waals surface area contributed by atoms with Gasteiger partial charge >= 0.3 is 12.2 Å². The largest absolute Gasteiger partial charge is 0.508 e. The number of aromatic nitrogens is 1. The maximum Gasteiger partial charge on any atom is 0.508 e. The number of hydrogen-bond acceptors (Lipinski definition) is 9. The normalized spacial score (nSPS) is 16.3. The number of nitrogens with zero attached hydrogens (tertiary/aromatic N) is 1. The second-order valence-electron chi connectivity index (χ2n) is 10.0. The number of H-pyrrole nitrogens is 1. The minimum atomic E-state index is -1.41. The van der Waals surface area contributed by atoms with Crippen LogP contribution in [0.3, 0.4) is 0 Å². The molecule has 0 unspecified atom stereocenters. The summed E-state index contributed by atoms with van der Waals surface area (Å²) in [4.78, 5) is 78.5. The summed E-state index contributed by atoms with van der Waals surface area (Å²) in [5, 5.41) is 15.2. The Morgan fingerprint density at radius 1 is 1.12 bits per heavy atom. The molecule has 2 heterocycles. The van der Waals surface area contributed by atoms with Gasteiger partial charge in [0.05, 0.1) is 20.3 Å². The van der Waals surface area contributed by atoms with Crippen LogP contribution in [0.4, 0.5) is 9.59 Å². The van der Waals surface area contributed by atoms with E-state index in [0.717, 1.165) is 7.11 Å². The molecular formula is C27H34N4O10. The van der Waals surface area contributed by atoms with Crippen molar-refractivity contribution in [3.8, 4) is 5.75 Å². The van der Waals surface area contributed by atoms with Crippen LogP contribution in [0.5, 0.6) is 5.75 Å². The van der Waals surface area contributed by atoms with Gasteiger partial charge in [0.25, 0.3) is 5.91 Å². The van der Waals surface area contributed by atoms with Crippen LogP contribution < -0.4 is 15.4 Å². The number of amides is 4. The molecule has 14 heteroatoms. The first-order valence-electron chi connectivity index (χ1n) is 13.0. The molecule has 14 nitrogen and oxygen atoms in total. The predicted molar refractivity (Wildman–Crippen MR) is 143 cm³/mol. The number of likely N-dealkylation sites (tertiary alicyclic amines) is 1. The number of methoxy groups -OCH3 is 2. The van der Waals surface area contributed by atoms with E-state index in [2.05, 4.69) is 20.4 Å². The van der Waals surface area contributed by atoms with Crippen molar-refractivity contribution in [1.29, 1.82) is 0 Å². The van der Waals surface area contributed by atoms with Crippen LogP contribution in [-0.4, -0.2) is 90.2 Å². The third-order valence-corrected chi connectivity index (χ3v) is 6.69. The number of benzene rings is 1. The molecular weight excluding hydrogens is 540 g/mol. The SMILES string of the molecule is COC(=O)OCC(=O)[C@H](C[C@@H]1CCN(C(=O)O)C1=O)NC(=O)[C@H](CC(C)C)NC(=O)c1cc2c(OC)cccc2[nH]1. The summed E-state index contributed by atoms with van der Waals surface area (Å²) in [6.45, 7) is 2.91. The number of carboxylic acid groups (broad SMARTS) is 1. The number of aromatic amines is 1. The number of carbonyl (C=O) groups excluding carboxylic acids is 5. The molecule has 3 atom stereocenters. The van der Waals surface area contributed by atoms with Gasteiger partial charge in [0.2, 0.25) is 11.8 Å². The van der Waals surface area contributed by atoms with Crippen LogP contribution in [-0.2, 0) is 23.9 Å². The van der Waals surface area contributed by atoms with Gasteiger partial charge in [-0.1, -0.05) is 19.9 Å². The highest BCUT2D eigenvalue weighted by Crippen LogP contribution is 2.26. The zero-order valence-electron chi connectivity index (χ0n) is 23.2. The second kappa shape index (κ2) is 13.6. The van der Waals surface area contributed by atoms with Crippen LogP contribution >= 0.6 is 0 Å². The quantitative estimate of drug-likeness (QED) is 0.273. The predicted octanol–water partition coefficient (Wildman–Crippen LogP) is 2.07. The minimum Gasteiger partial charge on any atom is -0.496 e. The zero-order chi connectivity index (χ0) is 30.3. The summed E-state index contributed by atoms with van der Waals surface area (Å²) in [6.07, 6.45) is -2.37. The van der Waals surface area contributed by atoms with E-state index in [-0.39, 0.29) is 37.4 Å². The lowest BCUT2D eigenvalue weighted by atomic mass is 9.95. The van der Waals surface area contributed by atoms with E-state index in [1.807, 2.05) is 13.8 Å². The van der Waals surface area contributed by atoms with Crippen LogP contribution in [0.25, 0.3) is 10.9 Å². The Bertz CT molecular complexity index is 1320. The Morgan fingerprint density at radius 2 is 1.85 bits per heavy atom. The summed E-state index contributed by atoms with van der Waals surface area (Å²) in [7, 11) is 2.57. The summed E-state index contributed by atoms with van der Waals surface area (Å²) in [5.74, 6) is -3.03. The highest BCUT2D eigenvalue weighted by Gasteiger charge is 2.39. The third kappa shape index (κ3) is 7.74. The van der Waals surface area contributed by atoms with E-state index in [1.165, 1.54) is 7.11 Å². The van der Waals surface area contributed by atoms with E-state index in [0.29, 0.717) is 21.6 Å². The molecule has 222 valence electrons. The van der Waals surface area contributed by atoms with Gasteiger partial charge in [0, 0.05) is 23.4 Å². The van der Waals surface area contributed by atoms with Crippen LogP contribution in [0.15, 0.2) is 24.3 Å². The lowest BCUT2D eigenvalue weighted by Crippen LogP contribution is -2.53. The Morgan fingerprint density at radius 3 is 2.46 bits per heavy atom. The average molecular weight is 575 g/mol. The van der Waals surface area contributed by atoms with E-state index in [9.17, 15) is 33.9 Å². The molecule has 0 saturated carbocycles. The first-order valence-corrected chi connectivity index (χ1v) is 13.0. The van der Waals surface area contributed by atoms with Gasteiger partial charge in [0.15, 0.2) is 12.4 Å². The molecule has 0 bridgehead atoms. The number of hydrogen-bond donors (Lipinski definition) is 4. The molecule has 1 aromatic heterocycles. The fourth-order valence-corrected chi connectivity index (χ4v) is 4.63. The molecule has 4 amide bonds. The van der Waals surface area contributed by atoms with Crippen molar-refractivity contribution in [2.45, 2.75) is 45.2 Å². The Kier molecular flexibility index (Phi) is 10.3. The standard InChI is InChI=1S/C27H34N4O10/c1-14(2)10-19(30-24(34)20-12-16-17(28-20)6-5-7-22(16)39-3)23(33)29-18(21(32)13-41-27(38)40-4)11-15-8-9-31(25(15)35)26(36)37/h5-7,12,14-15,18-19,28H,8-11,13H2,1-4H3,(H,29,33)(H,30,34)(H,36,37)/t15-,18-,19-/m0/s1. The number of nitrogens with one attached hydrogen (secondary N) is 3. The first kappa shape index (κ1) is 30.9. The zero-order valence-corrected chi connectivity index (χ0v) is 23.2. The maximum absolute atomic E-state index is 13.4. The van der Waals surface area contributed by atoms with E-state index in [4.69, 9.17) is 9.47 Å². The number of ketones is 1. The fourth-order valence-electron chi connectivity index (χ4n) is 4.63. The Labute approximate surface area is 235 Å². The van der Waals surface area contributed by atoms with Crippen molar-refractivity contribution in [1.82, 2.24) is 20.5 Å². The highest BCUT2D eigenvalue weighted by molar-refractivity contribution is 6.02. The summed E-state index contributed by atoms with van der Waals surface area (Å²) in [5.41, 5.74) is 0.850. The summed E-state index contributed by atoms with van der Waals surface area (Å²) in [6, 6.07) is 4.51. The molecule has 0 spiro atoms. The molecule has 1 aliphatic heterocycles. The second-order valence-corrected chi connectivity index (χ2v) is 10.0. The van der Waals surface area contributed by atoms with Gasteiger partial charge in [-0.2, -0.15) is 0 Å². The molecule has 3 rings (SSSR count). The molecule has 0 aliphatic carbocycles. The number of imide groups is 1. The smallest absolute Gasteiger partial charge is 0.496 e. The molecule has 1 fully saturated rings. The number of ether oxygens (including phenoxy) is 3. The highest BCUT2D eigenvalue weighted by atomic mass is 16.7. The lowest BCUT2D eigenvalue weighted by Gasteiger charge is -2.25. The number of carbonyl (C=O) groups is 6. The molecule has 41 heavy (non-hydrogen) atoms. The third-order valence-electron chi connectivity index (χ3n) is 6.69. The molecule has 0 radical (unpaired) electrons. The molecule has 1 aliphatic rings. The maximum atomic E-state index is 13.4. The van der Waals surface area contributed by atoms with Gasteiger partial charge in [-0.25, -0.2) is 14.5 Å². The monoisotopic (exact) mass is 574 g/mol. The van der Waals surface area contributed by atoms with Crippen LogP contribution in [0.2, 0.25) is 0 Å². The Balaban J connectivity index is 1.79. The summed E-state index contributed by atoms with van der Waals surface area (Å²) < 4.78 is 14.4. The van der Waals surface area contributed by atoms with Crippen molar-refractivity contribution < 1.29 is 48.1 Å². The molecule has 1 aromatic carbocycles. The first-order chi connectivity index (χ1) is 19.4. The Hall–Kier alpha value is -4.62. The number of Topliss-reactive ketones (excluding diaryl/α,β-unsaturated/α-hetero) is 1. The van der Waals surface area contributed by atoms with Crippen molar-refractivity contribution >= 4 is 46.7 Å². The van der Waals surface area contributed by atoms with Crippen molar-refractivity contribution in [3.05, 3.63) is 30.0 Å². The van der Waals surface area contributed by atoms with Crippen LogP contribution in [0, 0.1) is 11.8 Å². The van der Waals surface area contributed by atoms with Gasteiger partial charge in [0.1, 0.15) is 17.5 Å². The minimum absolute atomic E-state index is 0.0359. The number of fused-ring (bicyclic) bond motifs is 1. The van der Waals surface area contributed by atoms with Crippen molar-refractivity contribution in [2.24, 2.45) is 11.8 Å². The molecule has 2 aromatic rings. The van der Waals surface area contributed by atoms with Gasteiger partial charge in [-0.3, -0.25) is 19.2 Å².